The molecule has 7 nitrogen and oxygen atoms in total. The van der Waals surface area contributed by atoms with Crippen LogP contribution in [-0.4, -0.2) is 37.6 Å². The van der Waals surface area contributed by atoms with Crippen molar-refractivity contribution in [2.75, 3.05) is 25.7 Å². The first-order valence-electron chi connectivity index (χ1n) is 13.0. The Hall–Kier alpha value is -4.26. The number of hydrogen-bond acceptors (Lipinski definition) is 6. The third kappa shape index (κ3) is 5.09. The van der Waals surface area contributed by atoms with Crippen LogP contribution in [0.25, 0.3) is 5.76 Å². The van der Waals surface area contributed by atoms with Gasteiger partial charge in [0.2, 0.25) is 0 Å². The number of amides is 1. The third-order valence-corrected chi connectivity index (χ3v) is 6.98. The van der Waals surface area contributed by atoms with Crippen molar-refractivity contribution in [2.24, 2.45) is 0 Å². The molecule has 204 valence electrons. The fraction of sp³-hybridized carbons (Fsp3) is 0.312. The molecule has 1 amide bonds. The second-order valence-electron chi connectivity index (χ2n) is 9.91. The largest absolute Gasteiger partial charge is 0.507 e. The van der Waals surface area contributed by atoms with Crippen molar-refractivity contribution in [3.8, 4) is 17.2 Å². The number of methoxy groups -OCH3 is 2. The molecule has 1 saturated heterocycles. The first-order chi connectivity index (χ1) is 18.6. The van der Waals surface area contributed by atoms with Gasteiger partial charge in [0, 0.05) is 11.3 Å². The summed E-state index contributed by atoms with van der Waals surface area (Å²) in [6, 6.07) is 15.4. The Morgan fingerprint density at radius 3 is 2.23 bits per heavy atom. The van der Waals surface area contributed by atoms with Crippen LogP contribution < -0.4 is 19.1 Å². The van der Waals surface area contributed by atoms with Crippen LogP contribution in [0.1, 0.15) is 60.5 Å². The highest BCUT2D eigenvalue weighted by Crippen LogP contribution is 2.45. The van der Waals surface area contributed by atoms with Crippen LogP contribution in [0.4, 0.5) is 5.69 Å². The highest BCUT2D eigenvalue weighted by Gasteiger charge is 2.47. The third-order valence-electron chi connectivity index (χ3n) is 6.98. The van der Waals surface area contributed by atoms with Gasteiger partial charge in [0.25, 0.3) is 11.7 Å². The molecule has 3 aromatic carbocycles. The van der Waals surface area contributed by atoms with Gasteiger partial charge in [0.1, 0.15) is 11.5 Å². The Labute approximate surface area is 229 Å². The zero-order valence-electron chi connectivity index (χ0n) is 23.5. The number of aliphatic hydroxyl groups is 1. The average Bonchev–Trinajstić information content (AvgIpc) is 3.18. The van der Waals surface area contributed by atoms with Crippen molar-refractivity contribution in [2.45, 2.75) is 46.6 Å². The predicted octanol–water partition coefficient (Wildman–Crippen LogP) is 6.47. The van der Waals surface area contributed by atoms with E-state index in [1.807, 2.05) is 52.8 Å². The van der Waals surface area contributed by atoms with Crippen molar-refractivity contribution in [3.05, 3.63) is 88.0 Å². The smallest absolute Gasteiger partial charge is 0.300 e. The van der Waals surface area contributed by atoms with Gasteiger partial charge < -0.3 is 19.3 Å². The number of rotatable bonds is 8. The number of ether oxygens (including phenoxy) is 3. The molecule has 0 saturated carbocycles. The van der Waals surface area contributed by atoms with E-state index in [4.69, 9.17) is 14.2 Å². The number of Topliss-reactive ketones (excluding diaryl/α,β-unsaturated/α-hetero) is 1. The minimum Gasteiger partial charge on any atom is -0.507 e. The summed E-state index contributed by atoms with van der Waals surface area (Å²) in [5.74, 6) is 0.0924. The Kier molecular flexibility index (Phi) is 8.00. The van der Waals surface area contributed by atoms with E-state index in [-0.39, 0.29) is 17.3 Å². The SMILES string of the molecule is CCOc1cc(C2/C(=C(\O)c3ccc(OC)c(C(C)C)c3)C(=O)C(=O)N2c2ccc(C)cc2C)ccc1OC. The molecule has 1 fully saturated rings. The first kappa shape index (κ1) is 27.8. The molecule has 7 heteroatoms. The van der Waals surface area contributed by atoms with E-state index >= 15 is 0 Å². The molecule has 0 aromatic heterocycles. The van der Waals surface area contributed by atoms with E-state index in [2.05, 4.69) is 0 Å². The summed E-state index contributed by atoms with van der Waals surface area (Å²) in [5.41, 5.74) is 4.40. The molecule has 1 aliphatic heterocycles. The molecule has 0 spiro atoms. The van der Waals surface area contributed by atoms with Crippen molar-refractivity contribution < 1.29 is 28.9 Å². The summed E-state index contributed by atoms with van der Waals surface area (Å²) >= 11 is 0. The lowest BCUT2D eigenvalue weighted by molar-refractivity contribution is -0.132. The van der Waals surface area contributed by atoms with Gasteiger partial charge in [-0.2, -0.15) is 0 Å². The van der Waals surface area contributed by atoms with Crippen LogP contribution in [0.2, 0.25) is 0 Å². The molecule has 3 aromatic rings. The number of aliphatic hydroxyl groups excluding tert-OH is 1. The molecule has 1 N–H and O–H groups in total. The van der Waals surface area contributed by atoms with Gasteiger partial charge in [-0.15, -0.1) is 0 Å². The first-order valence-corrected chi connectivity index (χ1v) is 13.0. The molecule has 0 aliphatic carbocycles. The number of benzene rings is 3. The lowest BCUT2D eigenvalue weighted by atomic mass is 9.92. The molecule has 0 bridgehead atoms. The maximum Gasteiger partial charge on any atom is 0.300 e. The summed E-state index contributed by atoms with van der Waals surface area (Å²) in [6.07, 6.45) is 0. The molecule has 39 heavy (non-hydrogen) atoms. The lowest BCUT2D eigenvalue weighted by Gasteiger charge is -2.27. The minimum atomic E-state index is -0.888. The zero-order chi connectivity index (χ0) is 28.4. The Morgan fingerprint density at radius 2 is 1.62 bits per heavy atom. The van der Waals surface area contributed by atoms with E-state index in [1.165, 1.54) is 4.90 Å². The summed E-state index contributed by atoms with van der Waals surface area (Å²) in [7, 11) is 3.14. The average molecular weight is 530 g/mol. The highest BCUT2D eigenvalue weighted by atomic mass is 16.5. The number of anilines is 1. The van der Waals surface area contributed by atoms with E-state index < -0.39 is 17.7 Å². The van der Waals surface area contributed by atoms with E-state index in [1.54, 1.807) is 50.6 Å². The second kappa shape index (κ2) is 11.2. The number of hydrogen-bond donors (Lipinski definition) is 1. The van der Waals surface area contributed by atoms with Crippen molar-refractivity contribution in [1.29, 1.82) is 0 Å². The molecule has 0 radical (unpaired) electrons. The quantitative estimate of drug-likeness (QED) is 0.205. The normalized spacial score (nSPS) is 16.6. The maximum atomic E-state index is 13.7. The Bertz CT molecular complexity index is 1460. The van der Waals surface area contributed by atoms with Gasteiger partial charge in [-0.1, -0.05) is 37.6 Å². The van der Waals surface area contributed by atoms with Crippen LogP contribution in [0.5, 0.6) is 17.2 Å². The van der Waals surface area contributed by atoms with Crippen molar-refractivity contribution >= 4 is 23.1 Å². The Balaban J connectivity index is 2.00. The van der Waals surface area contributed by atoms with Gasteiger partial charge in [-0.25, -0.2) is 0 Å². The van der Waals surface area contributed by atoms with Gasteiger partial charge in [0.15, 0.2) is 11.5 Å². The molecular formula is C32H35NO6. The van der Waals surface area contributed by atoms with Gasteiger partial charge in [-0.3, -0.25) is 14.5 Å². The summed E-state index contributed by atoms with van der Waals surface area (Å²) in [4.78, 5) is 28.8. The number of ketones is 1. The maximum absolute atomic E-state index is 13.7. The van der Waals surface area contributed by atoms with Crippen molar-refractivity contribution in [3.63, 3.8) is 0 Å². The van der Waals surface area contributed by atoms with Gasteiger partial charge in [-0.05, 0) is 79.8 Å². The zero-order valence-corrected chi connectivity index (χ0v) is 23.5. The Morgan fingerprint density at radius 1 is 0.923 bits per heavy atom. The fourth-order valence-corrected chi connectivity index (χ4v) is 5.09. The topological polar surface area (TPSA) is 85.3 Å². The monoisotopic (exact) mass is 529 g/mol. The minimum absolute atomic E-state index is 0.00691. The number of nitrogens with zero attached hydrogens (tertiary/aromatic N) is 1. The standard InChI is InChI=1S/C32H35NO6/c1-8-39-27-17-21(10-14-26(27)38-7)29-28(30(34)22-11-13-25(37-6)23(16-22)18(2)3)31(35)32(36)33(29)24-12-9-19(4)15-20(24)5/h9-18,29,34H,8H2,1-7H3/b30-28+. The molecule has 1 heterocycles. The van der Waals surface area contributed by atoms with Crippen molar-refractivity contribution in [1.82, 2.24) is 0 Å². The van der Waals surface area contributed by atoms with E-state index in [0.29, 0.717) is 40.7 Å². The summed E-state index contributed by atoms with van der Waals surface area (Å²) in [6.45, 7) is 10.2. The van der Waals surface area contributed by atoms with Crippen LogP contribution in [0, 0.1) is 13.8 Å². The second-order valence-corrected chi connectivity index (χ2v) is 9.91. The highest BCUT2D eigenvalue weighted by molar-refractivity contribution is 6.51. The van der Waals surface area contributed by atoms with Crippen LogP contribution in [0.3, 0.4) is 0 Å². The van der Waals surface area contributed by atoms with E-state index in [9.17, 15) is 14.7 Å². The van der Waals surface area contributed by atoms with Crippen LogP contribution in [0.15, 0.2) is 60.2 Å². The fourth-order valence-electron chi connectivity index (χ4n) is 5.09. The number of carbonyl (C=O) groups is 2. The molecular weight excluding hydrogens is 494 g/mol. The number of carbonyl (C=O) groups excluding carboxylic acids is 2. The van der Waals surface area contributed by atoms with E-state index in [0.717, 1.165) is 16.7 Å². The van der Waals surface area contributed by atoms with Crippen LogP contribution >= 0.6 is 0 Å². The number of aryl methyl sites for hydroxylation is 2. The summed E-state index contributed by atoms with van der Waals surface area (Å²) in [5, 5.41) is 11.6. The molecule has 4 rings (SSSR count). The molecule has 1 unspecified atom stereocenters. The summed E-state index contributed by atoms with van der Waals surface area (Å²) < 4.78 is 16.8. The van der Waals surface area contributed by atoms with Gasteiger partial charge >= 0.3 is 0 Å². The lowest BCUT2D eigenvalue weighted by Crippen LogP contribution is -2.30. The van der Waals surface area contributed by atoms with Crippen LogP contribution in [-0.2, 0) is 9.59 Å². The van der Waals surface area contributed by atoms with Gasteiger partial charge in [0.05, 0.1) is 32.4 Å². The molecule has 1 aliphatic rings. The molecule has 1 atom stereocenters. The predicted molar refractivity (Wildman–Crippen MR) is 152 cm³/mol.